The van der Waals surface area contributed by atoms with Crippen molar-refractivity contribution in [1.29, 1.82) is 0 Å². The average molecular weight is 290 g/mol. The van der Waals surface area contributed by atoms with Crippen LogP contribution < -0.4 is 15.8 Å². The molecule has 1 unspecified atom stereocenters. The van der Waals surface area contributed by atoms with Crippen molar-refractivity contribution in [3.05, 3.63) is 28.7 Å². The summed E-state index contributed by atoms with van der Waals surface area (Å²) in [5.41, 5.74) is 6.48. The van der Waals surface area contributed by atoms with Crippen molar-refractivity contribution in [2.45, 2.75) is 25.8 Å². The highest BCUT2D eigenvalue weighted by atomic mass is 32.1. The third kappa shape index (κ3) is 3.19. The van der Waals surface area contributed by atoms with Crippen LogP contribution >= 0.6 is 11.3 Å². The van der Waals surface area contributed by atoms with Gasteiger partial charge in [0.05, 0.1) is 18.3 Å². The molecule has 3 N–H and O–H groups in total. The van der Waals surface area contributed by atoms with Crippen molar-refractivity contribution in [1.82, 2.24) is 9.97 Å². The van der Waals surface area contributed by atoms with Crippen molar-refractivity contribution in [3.8, 4) is 5.88 Å². The van der Waals surface area contributed by atoms with E-state index < -0.39 is 0 Å². The molecule has 3 rings (SSSR count). The summed E-state index contributed by atoms with van der Waals surface area (Å²) < 4.78 is 5.68. The summed E-state index contributed by atoms with van der Waals surface area (Å²) >= 11 is 1.62. The van der Waals surface area contributed by atoms with Gasteiger partial charge in [-0.25, -0.2) is 4.98 Å². The lowest BCUT2D eigenvalue weighted by atomic mass is 10.3. The molecule has 0 aromatic carbocycles. The number of ether oxygens (including phenoxy) is 1. The highest BCUT2D eigenvalue weighted by Crippen LogP contribution is 2.31. The van der Waals surface area contributed by atoms with Crippen LogP contribution in [0, 0.1) is 5.92 Å². The van der Waals surface area contributed by atoms with Crippen LogP contribution in [0.15, 0.2) is 23.7 Å². The Morgan fingerprint density at radius 1 is 1.50 bits per heavy atom. The average Bonchev–Trinajstić information content (AvgIpc) is 3.10. The molecule has 2 aromatic rings. The number of aromatic nitrogens is 2. The molecule has 1 aliphatic rings. The zero-order valence-corrected chi connectivity index (χ0v) is 12.2. The fourth-order valence-electron chi connectivity index (χ4n) is 1.86. The fourth-order valence-corrected chi connectivity index (χ4v) is 2.51. The normalized spacial score (nSPS) is 15.8. The number of thiazole rings is 1. The first-order valence-corrected chi connectivity index (χ1v) is 7.65. The maximum Gasteiger partial charge on any atom is 0.239 e. The van der Waals surface area contributed by atoms with Crippen LogP contribution in [-0.4, -0.2) is 16.6 Å². The minimum absolute atomic E-state index is 0.113. The van der Waals surface area contributed by atoms with E-state index >= 15 is 0 Å². The van der Waals surface area contributed by atoms with Gasteiger partial charge in [0.2, 0.25) is 5.88 Å². The molecule has 5 nitrogen and oxygen atoms in total. The highest BCUT2D eigenvalue weighted by molar-refractivity contribution is 7.09. The third-order valence-corrected chi connectivity index (χ3v) is 4.19. The van der Waals surface area contributed by atoms with Crippen LogP contribution in [0.5, 0.6) is 5.88 Å². The Morgan fingerprint density at radius 2 is 2.35 bits per heavy atom. The van der Waals surface area contributed by atoms with E-state index in [0.717, 1.165) is 10.8 Å². The second-order valence-electron chi connectivity index (χ2n) is 5.08. The molecule has 1 fully saturated rings. The van der Waals surface area contributed by atoms with Gasteiger partial charge in [-0.2, -0.15) is 4.98 Å². The second kappa shape index (κ2) is 5.66. The molecule has 0 aliphatic heterocycles. The Morgan fingerprint density at radius 3 is 3.05 bits per heavy atom. The molecule has 2 heterocycles. The van der Waals surface area contributed by atoms with Gasteiger partial charge in [0.1, 0.15) is 10.8 Å². The van der Waals surface area contributed by atoms with Gasteiger partial charge < -0.3 is 15.8 Å². The zero-order chi connectivity index (χ0) is 13.9. The number of hydrogen-bond donors (Lipinski definition) is 2. The van der Waals surface area contributed by atoms with E-state index in [1.165, 1.54) is 12.8 Å². The van der Waals surface area contributed by atoms with Crippen molar-refractivity contribution in [3.63, 3.8) is 0 Å². The van der Waals surface area contributed by atoms with Crippen LogP contribution in [0.4, 0.5) is 11.5 Å². The van der Waals surface area contributed by atoms with Crippen molar-refractivity contribution in [2.75, 3.05) is 17.7 Å². The Balaban J connectivity index is 1.67. The van der Waals surface area contributed by atoms with E-state index in [2.05, 4.69) is 22.2 Å². The molecule has 0 saturated heterocycles. The quantitative estimate of drug-likeness (QED) is 0.855. The van der Waals surface area contributed by atoms with Crippen molar-refractivity contribution < 1.29 is 4.74 Å². The Labute approximate surface area is 122 Å². The molecule has 20 heavy (non-hydrogen) atoms. The van der Waals surface area contributed by atoms with E-state index in [-0.39, 0.29) is 6.04 Å². The molecule has 1 saturated carbocycles. The number of nitrogen functional groups attached to an aromatic ring is 1. The summed E-state index contributed by atoms with van der Waals surface area (Å²) in [5, 5.41) is 6.31. The Hall–Kier alpha value is -1.82. The molecule has 6 heteroatoms. The largest absolute Gasteiger partial charge is 0.476 e. The van der Waals surface area contributed by atoms with Gasteiger partial charge in [-0.3, -0.25) is 0 Å². The van der Waals surface area contributed by atoms with Crippen LogP contribution in [-0.2, 0) is 0 Å². The van der Waals surface area contributed by atoms with E-state index in [1.54, 1.807) is 17.5 Å². The molecule has 0 radical (unpaired) electrons. The first-order valence-electron chi connectivity index (χ1n) is 6.77. The van der Waals surface area contributed by atoms with E-state index in [9.17, 15) is 0 Å². The molecule has 0 amide bonds. The molecule has 0 spiro atoms. The van der Waals surface area contributed by atoms with E-state index in [4.69, 9.17) is 10.5 Å². The second-order valence-corrected chi connectivity index (χ2v) is 6.01. The molecule has 2 aromatic heterocycles. The van der Waals surface area contributed by atoms with E-state index in [0.29, 0.717) is 24.1 Å². The van der Waals surface area contributed by atoms with Crippen molar-refractivity contribution >= 4 is 22.8 Å². The third-order valence-electron chi connectivity index (χ3n) is 3.23. The number of nitrogens with one attached hydrogen (secondary N) is 1. The first kappa shape index (κ1) is 13.2. The lowest BCUT2D eigenvalue weighted by Gasteiger charge is -2.14. The minimum atomic E-state index is 0.113. The van der Waals surface area contributed by atoms with Gasteiger partial charge >= 0.3 is 0 Å². The smallest absolute Gasteiger partial charge is 0.239 e. The van der Waals surface area contributed by atoms with Gasteiger partial charge in [0.25, 0.3) is 0 Å². The first-order chi connectivity index (χ1) is 9.72. The van der Waals surface area contributed by atoms with Gasteiger partial charge in [-0.05, 0) is 37.8 Å². The molecule has 106 valence electrons. The van der Waals surface area contributed by atoms with Crippen LogP contribution in [0.25, 0.3) is 0 Å². The Kier molecular flexibility index (Phi) is 3.73. The molecular weight excluding hydrogens is 272 g/mol. The maximum atomic E-state index is 5.90. The summed E-state index contributed by atoms with van der Waals surface area (Å²) in [6.07, 6.45) is 4.30. The summed E-state index contributed by atoms with van der Waals surface area (Å²) in [7, 11) is 0. The number of rotatable bonds is 6. The molecule has 0 bridgehead atoms. The van der Waals surface area contributed by atoms with Gasteiger partial charge in [0, 0.05) is 11.6 Å². The molecule has 1 atom stereocenters. The number of nitrogens with two attached hydrogens (primary N) is 1. The van der Waals surface area contributed by atoms with E-state index in [1.807, 2.05) is 17.5 Å². The number of anilines is 2. The number of hydrogen-bond acceptors (Lipinski definition) is 6. The van der Waals surface area contributed by atoms with Gasteiger partial charge in [-0.1, -0.05) is 0 Å². The summed E-state index contributed by atoms with van der Waals surface area (Å²) in [5.74, 6) is 1.96. The zero-order valence-electron chi connectivity index (χ0n) is 11.4. The monoisotopic (exact) mass is 290 g/mol. The predicted octanol–water partition coefficient (Wildman–Crippen LogP) is 3.08. The SMILES string of the molecule is CC(Nc1ccc(N)c(OCC2CC2)n1)c1nccs1. The highest BCUT2D eigenvalue weighted by Gasteiger charge is 2.22. The topological polar surface area (TPSA) is 73.1 Å². The lowest BCUT2D eigenvalue weighted by molar-refractivity contribution is 0.290. The summed E-state index contributed by atoms with van der Waals surface area (Å²) in [4.78, 5) is 8.73. The van der Waals surface area contributed by atoms with Crippen LogP contribution in [0.3, 0.4) is 0 Å². The van der Waals surface area contributed by atoms with Crippen molar-refractivity contribution in [2.24, 2.45) is 5.92 Å². The standard InChI is InChI=1S/C14H18N4OS/c1-9(14-16-6-7-20-14)17-12-5-4-11(15)13(18-12)19-8-10-2-3-10/h4-7,9-10H,2-3,8,15H2,1H3,(H,17,18). The maximum absolute atomic E-state index is 5.90. The summed E-state index contributed by atoms with van der Waals surface area (Å²) in [6, 6.07) is 3.80. The number of pyridine rings is 1. The van der Waals surface area contributed by atoms with Crippen LogP contribution in [0.2, 0.25) is 0 Å². The van der Waals surface area contributed by atoms with Crippen LogP contribution in [0.1, 0.15) is 30.8 Å². The Bertz CT molecular complexity index is 569. The summed E-state index contributed by atoms with van der Waals surface area (Å²) in [6.45, 7) is 2.77. The number of nitrogens with zero attached hydrogens (tertiary/aromatic N) is 2. The van der Waals surface area contributed by atoms with Gasteiger partial charge in [-0.15, -0.1) is 11.3 Å². The minimum Gasteiger partial charge on any atom is -0.476 e. The lowest BCUT2D eigenvalue weighted by Crippen LogP contribution is -2.09. The van der Waals surface area contributed by atoms with Gasteiger partial charge in [0.15, 0.2) is 0 Å². The molecule has 1 aliphatic carbocycles. The fraction of sp³-hybridized carbons (Fsp3) is 0.429. The predicted molar refractivity (Wildman–Crippen MR) is 81.0 cm³/mol. The molecular formula is C14H18N4OS.